The Morgan fingerprint density at radius 3 is 2.67 bits per heavy atom. The Kier molecular flexibility index (Phi) is 4.88. The second kappa shape index (κ2) is 7.05. The van der Waals surface area contributed by atoms with Crippen LogP contribution in [0.25, 0.3) is 0 Å². The van der Waals surface area contributed by atoms with E-state index < -0.39 is 0 Å². The molecule has 3 rings (SSSR count). The topological polar surface area (TPSA) is 38.8 Å². The van der Waals surface area contributed by atoms with Crippen LogP contribution >= 0.6 is 0 Å². The average molecular weight is 289 g/mol. The summed E-state index contributed by atoms with van der Waals surface area (Å²) < 4.78 is 11.2. The van der Waals surface area contributed by atoms with Gasteiger partial charge >= 0.3 is 0 Å². The molecule has 4 nitrogen and oxygen atoms in total. The van der Waals surface area contributed by atoms with Crippen molar-refractivity contribution in [3.8, 4) is 0 Å². The minimum absolute atomic E-state index is 0.101. The standard InChI is InChI=1S/C17H23NO3/c19-16(10-9-14-6-2-1-3-7-14)18-11-5-4-8-15(18)17-20-12-13-21-17/h1-3,6-7,15,17H,4-5,8-13H2. The number of hydrogen-bond acceptors (Lipinski definition) is 3. The second-order valence-corrected chi connectivity index (χ2v) is 5.75. The third kappa shape index (κ3) is 3.63. The van der Waals surface area contributed by atoms with E-state index in [9.17, 15) is 4.79 Å². The van der Waals surface area contributed by atoms with E-state index in [1.54, 1.807) is 0 Å². The number of nitrogens with zero attached hydrogens (tertiary/aromatic N) is 1. The maximum absolute atomic E-state index is 12.6. The highest BCUT2D eigenvalue weighted by atomic mass is 16.7. The van der Waals surface area contributed by atoms with E-state index in [1.807, 2.05) is 23.1 Å². The Balaban J connectivity index is 1.58. The first-order valence-corrected chi connectivity index (χ1v) is 7.91. The number of carbonyl (C=O) groups is 1. The summed E-state index contributed by atoms with van der Waals surface area (Å²) >= 11 is 0. The first-order valence-electron chi connectivity index (χ1n) is 7.91. The van der Waals surface area contributed by atoms with Crippen LogP contribution < -0.4 is 0 Å². The van der Waals surface area contributed by atoms with E-state index in [1.165, 1.54) is 5.56 Å². The monoisotopic (exact) mass is 289 g/mol. The molecule has 1 aromatic rings. The zero-order valence-electron chi connectivity index (χ0n) is 12.4. The van der Waals surface area contributed by atoms with Gasteiger partial charge in [-0.05, 0) is 31.2 Å². The number of benzene rings is 1. The Hall–Kier alpha value is -1.39. The lowest BCUT2D eigenvalue weighted by molar-refractivity contribution is -0.150. The van der Waals surface area contributed by atoms with E-state index in [0.717, 1.165) is 32.2 Å². The largest absolute Gasteiger partial charge is 0.348 e. The van der Waals surface area contributed by atoms with Gasteiger partial charge in [0, 0.05) is 13.0 Å². The summed E-state index contributed by atoms with van der Waals surface area (Å²) in [5, 5.41) is 0. The molecule has 0 bridgehead atoms. The van der Waals surface area contributed by atoms with Crippen LogP contribution in [0.4, 0.5) is 0 Å². The zero-order chi connectivity index (χ0) is 14.5. The fraction of sp³-hybridized carbons (Fsp3) is 0.588. The Labute approximate surface area is 126 Å². The highest BCUT2D eigenvalue weighted by Crippen LogP contribution is 2.25. The van der Waals surface area contributed by atoms with Gasteiger partial charge in [0.25, 0.3) is 0 Å². The summed E-state index contributed by atoms with van der Waals surface area (Å²) in [5.74, 6) is 0.225. The van der Waals surface area contributed by atoms with Crippen molar-refractivity contribution < 1.29 is 14.3 Å². The number of carbonyl (C=O) groups excluding carboxylic acids is 1. The van der Waals surface area contributed by atoms with Gasteiger partial charge in [-0.25, -0.2) is 0 Å². The molecule has 0 aliphatic carbocycles. The molecule has 21 heavy (non-hydrogen) atoms. The molecule has 0 saturated carbocycles. The lowest BCUT2D eigenvalue weighted by atomic mass is 10.00. The van der Waals surface area contributed by atoms with Crippen molar-refractivity contribution in [3.05, 3.63) is 35.9 Å². The molecular weight excluding hydrogens is 266 g/mol. The number of rotatable bonds is 4. The molecule has 2 aliphatic rings. The highest BCUT2D eigenvalue weighted by molar-refractivity contribution is 5.77. The molecule has 0 radical (unpaired) electrons. The van der Waals surface area contributed by atoms with Crippen molar-refractivity contribution in [1.29, 1.82) is 0 Å². The van der Waals surface area contributed by atoms with Crippen molar-refractivity contribution in [2.75, 3.05) is 19.8 Å². The Bertz CT molecular complexity index is 456. The molecule has 1 amide bonds. The molecule has 1 atom stereocenters. The lowest BCUT2D eigenvalue weighted by Gasteiger charge is -2.38. The van der Waals surface area contributed by atoms with Gasteiger partial charge in [0.05, 0.1) is 19.3 Å². The minimum Gasteiger partial charge on any atom is -0.348 e. The van der Waals surface area contributed by atoms with Crippen molar-refractivity contribution >= 4 is 5.91 Å². The first-order chi connectivity index (χ1) is 10.3. The Morgan fingerprint density at radius 1 is 1.14 bits per heavy atom. The van der Waals surface area contributed by atoms with Gasteiger partial charge < -0.3 is 14.4 Å². The minimum atomic E-state index is -0.217. The van der Waals surface area contributed by atoms with Crippen LogP contribution in [0.2, 0.25) is 0 Å². The van der Waals surface area contributed by atoms with Crippen LogP contribution in [0.15, 0.2) is 30.3 Å². The van der Waals surface area contributed by atoms with Gasteiger partial charge in [0.2, 0.25) is 5.91 Å². The summed E-state index contributed by atoms with van der Waals surface area (Å²) in [7, 11) is 0. The smallest absolute Gasteiger partial charge is 0.223 e. The van der Waals surface area contributed by atoms with E-state index >= 15 is 0 Å². The molecule has 2 fully saturated rings. The molecular formula is C17H23NO3. The quantitative estimate of drug-likeness (QED) is 0.854. The van der Waals surface area contributed by atoms with Gasteiger partial charge in [0.1, 0.15) is 0 Å². The number of likely N-dealkylation sites (tertiary alicyclic amines) is 1. The van der Waals surface area contributed by atoms with Crippen LogP contribution in [0.3, 0.4) is 0 Å². The predicted octanol–water partition coefficient (Wildman–Crippen LogP) is 2.37. The molecule has 2 saturated heterocycles. The molecule has 114 valence electrons. The third-order valence-corrected chi connectivity index (χ3v) is 4.30. The van der Waals surface area contributed by atoms with Crippen LogP contribution in [-0.4, -0.2) is 42.9 Å². The maximum Gasteiger partial charge on any atom is 0.223 e. The van der Waals surface area contributed by atoms with Gasteiger partial charge in [-0.15, -0.1) is 0 Å². The summed E-state index contributed by atoms with van der Waals surface area (Å²) in [6.07, 6.45) is 4.37. The fourth-order valence-corrected chi connectivity index (χ4v) is 3.19. The molecule has 0 spiro atoms. The zero-order valence-corrected chi connectivity index (χ0v) is 12.4. The summed E-state index contributed by atoms with van der Waals surface area (Å²) in [4.78, 5) is 14.5. The summed E-state index contributed by atoms with van der Waals surface area (Å²) in [6.45, 7) is 2.13. The van der Waals surface area contributed by atoms with E-state index in [2.05, 4.69) is 12.1 Å². The van der Waals surface area contributed by atoms with Crippen molar-refractivity contribution in [1.82, 2.24) is 4.90 Å². The van der Waals surface area contributed by atoms with E-state index in [0.29, 0.717) is 19.6 Å². The maximum atomic E-state index is 12.6. The normalized spacial score (nSPS) is 23.4. The SMILES string of the molecule is O=C(CCc1ccccc1)N1CCCCC1C1OCCO1. The van der Waals surface area contributed by atoms with Gasteiger partial charge in [-0.1, -0.05) is 30.3 Å². The number of ether oxygens (including phenoxy) is 2. The van der Waals surface area contributed by atoms with Crippen molar-refractivity contribution in [2.45, 2.75) is 44.4 Å². The number of piperidine rings is 1. The lowest BCUT2D eigenvalue weighted by Crippen LogP contribution is -2.50. The molecule has 2 aliphatic heterocycles. The number of hydrogen-bond donors (Lipinski definition) is 0. The van der Waals surface area contributed by atoms with Gasteiger partial charge in [-0.2, -0.15) is 0 Å². The number of aryl methyl sites for hydroxylation is 1. The third-order valence-electron chi connectivity index (χ3n) is 4.30. The molecule has 0 aromatic heterocycles. The van der Waals surface area contributed by atoms with E-state index in [-0.39, 0.29) is 18.2 Å². The molecule has 1 unspecified atom stereocenters. The number of amides is 1. The Morgan fingerprint density at radius 2 is 1.90 bits per heavy atom. The molecule has 2 heterocycles. The van der Waals surface area contributed by atoms with Crippen LogP contribution in [0.5, 0.6) is 0 Å². The average Bonchev–Trinajstić information content (AvgIpc) is 3.08. The van der Waals surface area contributed by atoms with Crippen molar-refractivity contribution in [2.24, 2.45) is 0 Å². The fourth-order valence-electron chi connectivity index (χ4n) is 3.19. The van der Waals surface area contributed by atoms with Crippen LogP contribution in [0.1, 0.15) is 31.2 Å². The van der Waals surface area contributed by atoms with Gasteiger partial charge in [0.15, 0.2) is 6.29 Å². The first kappa shape index (κ1) is 14.5. The van der Waals surface area contributed by atoms with Crippen LogP contribution in [0, 0.1) is 0 Å². The highest BCUT2D eigenvalue weighted by Gasteiger charge is 2.35. The van der Waals surface area contributed by atoms with E-state index in [4.69, 9.17) is 9.47 Å². The predicted molar refractivity (Wildman–Crippen MR) is 79.8 cm³/mol. The molecule has 4 heteroatoms. The summed E-state index contributed by atoms with van der Waals surface area (Å²) in [6, 6.07) is 10.3. The molecule has 1 aromatic carbocycles. The second-order valence-electron chi connectivity index (χ2n) is 5.75. The molecule has 0 N–H and O–H groups in total. The van der Waals surface area contributed by atoms with Gasteiger partial charge in [-0.3, -0.25) is 4.79 Å². The van der Waals surface area contributed by atoms with Crippen molar-refractivity contribution in [3.63, 3.8) is 0 Å². The van der Waals surface area contributed by atoms with Crippen LogP contribution in [-0.2, 0) is 20.7 Å². The summed E-state index contributed by atoms with van der Waals surface area (Å²) in [5.41, 5.74) is 1.22.